The van der Waals surface area contributed by atoms with Crippen molar-refractivity contribution in [3.8, 4) is 5.75 Å². The fourth-order valence-corrected chi connectivity index (χ4v) is 1.58. The van der Waals surface area contributed by atoms with Gasteiger partial charge in [-0.2, -0.15) is 5.10 Å². The summed E-state index contributed by atoms with van der Waals surface area (Å²) in [6, 6.07) is 3.10. The number of phenols is 1. The van der Waals surface area contributed by atoms with E-state index in [-0.39, 0.29) is 11.3 Å². The number of aromatic hydroxyl groups is 1. The molecule has 0 fully saturated rings. The van der Waals surface area contributed by atoms with Crippen molar-refractivity contribution in [2.45, 2.75) is 6.92 Å². The van der Waals surface area contributed by atoms with E-state index < -0.39 is 5.91 Å². The normalized spacial score (nSPS) is 10.3. The number of benzene rings is 1. The second kappa shape index (κ2) is 3.69. The first-order valence-corrected chi connectivity index (χ1v) is 4.61. The van der Waals surface area contributed by atoms with Crippen molar-refractivity contribution in [2.24, 2.45) is 5.10 Å². The average Bonchev–Trinajstić information content (AvgIpc) is 2.62. The smallest absolute Gasteiger partial charge is 0.275 e. The summed E-state index contributed by atoms with van der Waals surface area (Å²) >= 11 is 0. The van der Waals surface area contributed by atoms with E-state index in [1.54, 1.807) is 13.0 Å². The van der Waals surface area contributed by atoms with Gasteiger partial charge in [0.05, 0.1) is 17.2 Å². The van der Waals surface area contributed by atoms with Gasteiger partial charge in [-0.25, -0.2) is 5.43 Å². The number of phenolic OH excluding ortho intramolecular Hbond substituents is 1. The predicted molar refractivity (Wildman–Crippen MR) is 59.6 cm³/mol. The van der Waals surface area contributed by atoms with Crippen molar-refractivity contribution < 1.29 is 14.3 Å². The lowest BCUT2D eigenvalue weighted by molar-refractivity contribution is 0.0953. The third-order valence-corrected chi connectivity index (χ3v) is 2.32. The highest BCUT2D eigenvalue weighted by Gasteiger charge is 2.16. The van der Waals surface area contributed by atoms with Crippen LogP contribution in [0.1, 0.15) is 15.9 Å². The average molecular weight is 218 g/mol. The van der Waals surface area contributed by atoms with Gasteiger partial charge in [0.25, 0.3) is 5.91 Å². The zero-order chi connectivity index (χ0) is 11.7. The van der Waals surface area contributed by atoms with E-state index in [0.717, 1.165) is 5.56 Å². The maximum atomic E-state index is 11.5. The van der Waals surface area contributed by atoms with E-state index in [1.165, 1.54) is 12.3 Å². The molecule has 0 radical (unpaired) electrons. The summed E-state index contributed by atoms with van der Waals surface area (Å²) in [6.45, 7) is 4.93. The number of aryl methyl sites for hydroxylation is 1. The zero-order valence-electron chi connectivity index (χ0n) is 8.65. The molecule has 16 heavy (non-hydrogen) atoms. The largest absolute Gasteiger partial charge is 0.506 e. The molecule has 0 aliphatic rings. The topological polar surface area (TPSA) is 74.8 Å². The van der Waals surface area contributed by atoms with Crippen molar-refractivity contribution in [2.75, 3.05) is 0 Å². The van der Waals surface area contributed by atoms with E-state index in [4.69, 9.17) is 4.42 Å². The molecular weight excluding hydrogens is 208 g/mol. The van der Waals surface area contributed by atoms with Crippen molar-refractivity contribution in [1.82, 2.24) is 5.43 Å². The number of nitrogens with zero attached hydrogens (tertiary/aromatic N) is 1. The Morgan fingerprint density at radius 3 is 3.00 bits per heavy atom. The van der Waals surface area contributed by atoms with Gasteiger partial charge in [-0.15, -0.1) is 0 Å². The molecule has 2 rings (SSSR count). The van der Waals surface area contributed by atoms with Gasteiger partial charge < -0.3 is 9.52 Å². The van der Waals surface area contributed by atoms with Gasteiger partial charge in [0.2, 0.25) is 0 Å². The Bertz CT molecular complexity index is 572. The molecule has 2 aromatic rings. The molecular formula is C11H10N2O3. The van der Waals surface area contributed by atoms with Crippen molar-refractivity contribution in [1.29, 1.82) is 0 Å². The molecule has 1 aromatic heterocycles. The molecule has 1 aromatic carbocycles. The van der Waals surface area contributed by atoms with Crippen LogP contribution in [-0.4, -0.2) is 17.7 Å². The number of amides is 1. The minimum absolute atomic E-state index is 0.107. The third-order valence-electron chi connectivity index (χ3n) is 2.32. The minimum Gasteiger partial charge on any atom is -0.506 e. The van der Waals surface area contributed by atoms with Gasteiger partial charge in [-0.3, -0.25) is 4.79 Å². The first-order valence-electron chi connectivity index (χ1n) is 4.61. The second-order valence-corrected chi connectivity index (χ2v) is 3.35. The van der Waals surface area contributed by atoms with Gasteiger partial charge in [-0.05, 0) is 24.6 Å². The van der Waals surface area contributed by atoms with E-state index in [1.807, 2.05) is 0 Å². The third kappa shape index (κ3) is 1.42. The van der Waals surface area contributed by atoms with Crippen LogP contribution in [0.4, 0.5) is 0 Å². The number of nitrogens with one attached hydrogen (secondary N) is 1. The number of hydrogen-bond donors (Lipinski definition) is 2. The molecule has 82 valence electrons. The summed E-state index contributed by atoms with van der Waals surface area (Å²) in [4.78, 5) is 11.5. The molecule has 5 heteroatoms. The lowest BCUT2D eigenvalue weighted by atomic mass is 10.1. The van der Waals surface area contributed by atoms with Crippen LogP contribution in [0.2, 0.25) is 0 Å². The quantitative estimate of drug-likeness (QED) is 0.596. The molecule has 0 atom stereocenters. The summed E-state index contributed by atoms with van der Waals surface area (Å²) in [5.74, 6) is -0.611. The van der Waals surface area contributed by atoms with Crippen LogP contribution in [0.15, 0.2) is 27.9 Å². The SMILES string of the molecule is C=NNC(=O)c1ccc2occ(C)c2c1O. The molecule has 0 saturated heterocycles. The predicted octanol–water partition coefficient (Wildman–Crippen LogP) is 1.79. The molecule has 2 N–H and O–H groups in total. The first kappa shape index (κ1) is 10.2. The van der Waals surface area contributed by atoms with Crippen LogP contribution in [0, 0.1) is 6.92 Å². The molecule has 5 nitrogen and oxygen atoms in total. The van der Waals surface area contributed by atoms with Crippen molar-refractivity contribution in [3.63, 3.8) is 0 Å². The standard InChI is InChI=1S/C11H10N2O3/c1-6-5-16-8-4-3-7(10(14)9(6)8)11(15)13-12-2/h3-5,14H,2H2,1H3,(H,13,15). The van der Waals surface area contributed by atoms with Crippen LogP contribution in [-0.2, 0) is 0 Å². The highest BCUT2D eigenvalue weighted by atomic mass is 16.3. The number of hydrazone groups is 1. The summed E-state index contributed by atoms with van der Waals surface area (Å²) in [7, 11) is 0. The van der Waals surface area contributed by atoms with Gasteiger partial charge in [0, 0.05) is 6.72 Å². The Morgan fingerprint density at radius 1 is 1.56 bits per heavy atom. The number of carbonyl (C=O) groups is 1. The van der Waals surface area contributed by atoms with E-state index in [2.05, 4.69) is 17.2 Å². The van der Waals surface area contributed by atoms with Crippen LogP contribution < -0.4 is 5.43 Å². The maximum Gasteiger partial charge on any atom is 0.275 e. The van der Waals surface area contributed by atoms with Gasteiger partial charge >= 0.3 is 0 Å². The molecule has 0 saturated carbocycles. The Hall–Kier alpha value is -2.30. The number of rotatable bonds is 2. The number of carbonyl (C=O) groups excluding carboxylic acids is 1. The van der Waals surface area contributed by atoms with Crippen LogP contribution in [0.5, 0.6) is 5.75 Å². The maximum absolute atomic E-state index is 11.5. The lowest BCUT2D eigenvalue weighted by Gasteiger charge is -2.03. The molecule has 0 aliphatic carbocycles. The monoisotopic (exact) mass is 218 g/mol. The van der Waals surface area contributed by atoms with Crippen molar-refractivity contribution >= 4 is 23.6 Å². The fraction of sp³-hybridized carbons (Fsp3) is 0.0909. The Labute approximate surface area is 91.4 Å². The van der Waals surface area contributed by atoms with Gasteiger partial charge in [0.15, 0.2) is 0 Å². The summed E-state index contributed by atoms with van der Waals surface area (Å²) in [6.07, 6.45) is 1.53. The Kier molecular flexibility index (Phi) is 2.36. The molecule has 0 unspecified atom stereocenters. The van der Waals surface area contributed by atoms with E-state index in [0.29, 0.717) is 11.0 Å². The summed E-state index contributed by atoms with van der Waals surface area (Å²) < 4.78 is 5.20. The number of fused-ring (bicyclic) bond motifs is 1. The van der Waals surface area contributed by atoms with E-state index in [9.17, 15) is 9.90 Å². The van der Waals surface area contributed by atoms with E-state index >= 15 is 0 Å². The van der Waals surface area contributed by atoms with Crippen molar-refractivity contribution in [3.05, 3.63) is 29.5 Å². The number of hydrogen-bond acceptors (Lipinski definition) is 4. The van der Waals surface area contributed by atoms with Crippen LogP contribution in [0.25, 0.3) is 11.0 Å². The molecule has 1 amide bonds. The summed E-state index contributed by atoms with van der Waals surface area (Å²) in [5.41, 5.74) is 3.62. The fourth-order valence-electron chi connectivity index (χ4n) is 1.58. The minimum atomic E-state index is -0.505. The van der Waals surface area contributed by atoms with Gasteiger partial charge in [0.1, 0.15) is 11.3 Å². The zero-order valence-corrected chi connectivity index (χ0v) is 8.65. The second-order valence-electron chi connectivity index (χ2n) is 3.35. The van der Waals surface area contributed by atoms with Crippen LogP contribution >= 0.6 is 0 Å². The highest BCUT2D eigenvalue weighted by Crippen LogP contribution is 2.32. The molecule has 0 aliphatic heterocycles. The van der Waals surface area contributed by atoms with Crippen LogP contribution in [0.3, 0.4) is 0 Å². The molecule has 0 spiro atoms. The lowest BCUT2D eigenvalue weighted by Crippen LogP contribution is -2.16. The summed E-state index contributed by atoms with van der Waals surface area (Å²) in [5, 5.41) is 13.7. The molecule has 1 heterocycles. The Morgan fingerprint density at radius 2 is 2.31 bits per heavy atom. The number of furan rings is 1. The van der Waals surface area contributed by atoms with Gasteiger partial charge in [-0.1, -0.05) is 0 Å². The highest BCUT2D eigenvalue weighted by molar-refractivity contribution is 6.03. The Balaban J connectivity index is 2.63. The first-order chi connectivity index (χ1) is 7.65. The molecule has 0 bridgehead atoms.